The van der Waals surface area contributed by atoms with Gasteiger partial charge in [0.15, 0.2) is 0 Å². The first kappa shape index (κ1) is 20.0. The highest BCUT2D eigenvalue weighted by Gasteiger charge is 2.58. The minimum absolute atomic E-state index is 0.513. The molecule has 4 aliphatic rings. The van der Waals surface area contributed by atoms with Gasteiger partial charge in [0.1, 0.15) is 0 Å². The van der Waals surface area contributed by atoms with Crippen LogP contribution in [0.1, 0.15) is 105 Å². The van der Waals surface area contributed by atoms with E-state index in [9.17, 15) is 0 Å². The number of fused-ring (bicyclic) bond motifs is 5. The van der Waals surface area contributed by atoms with Gasteiger partial charge in [-0.1, -0.05) is 78.9 Å². The molecule has 0 unspecified atom stereocenters. The fourth-order valence-corrected chi connectivity index (χ4v) is 8.51. The van der Waals surface area contributed by atoms with Crippen molar-refractivity contribution in [3.63, 3.8) is 0 Å². The molecule has 0 aromatic carbocycles. The number of hydrogen-bond donors (Lipinski definition) is 0. The summed E-state index contributed by atoms with van der Waals surface area (Å²) in [7, 11) is 0. The first-order valence-electron chi connectivity index (χ1n) is 12.5. The second kappa shape index (κ2) is 7.53. The maximum atomic E-state index is 2.74. The SMILES string of the molecule is CC(C)CCC[C@@H](C)[C@H]1C=C[C@@]2(C)[C@@H]1CC[C@H]1[C@@H]3CCCC[C@@]3(C)CC[C@@H]12. The molecule has 3 saturated carbocycles. The Morgan fingerprint density at radius 3 is 2.44 bits per heavy atom. The summed E-state index contributed by atoms with van der Waals surface area (Å²) in [4.78, 5) is 0. The number of allylic oxidation sites excluding steroid dienone is 2. The van der Waals surface area contributed by atoms with E-state index in [1.54, 1.807) is 6.42 Å². The van der Waals surface area contributed by atoms with Gasteiger partial charge in [-0.05, 0) is 90.8 Å². The van der Waals surface area contributed by atoms with E-state index in [1.165, 1.54) is 64.2 Å². The van der Waals surface area contributed by atoms with E-state index in [-0.39, 0.29) is 0 Å². The van der Waals surface area contributed by atoms with Crippen LogP contribution in [0.4, 0.5) is 0 Å². The molecule has 154 valence electrons. The molecule has 0 aromatic heterocycles. The van der Waals surface area contributed by atoms with Gasteiger partial charge >= 0.3 is 0 Å². The van der Waals surface area contributed by atoms with E-state index in [0.29, 0.717) is 10.8 Å². The van der Waals surface area contributed by atoms with E-state index in [0.717, 1.165) is 41.4 Å². The highest BCUT2D eigenvalue weighted by atomic mass is 14.6. The maximum absolute atomic E-state index is 2.74. The smallest absolute Gasteiger partial charge is 0.00815 e. The van der Waals surface area contributed by atoms with E-state index in [4.69, 9.17) is 0 Å². The maximum Gasteiger partial charge on any atom is -0.00815 e. The van der Waals surface area contributed by atoms with Gasteiger partial charge in [-0.3, -0.25) is 0 Å². The van der Waals surface area contributed by atoms with Crippen LogP contribution in [0.5, 0.6) is 0 Å². The third-order valence-electron chi connectivity index (χ3n) is 10.1. The minimum atomic E-state index is 0.513. The van der Waals surface area contributed by atoms with Crippen LogP contribution in [0.2, 0.25) is 0 Å². The first-order chi connectivity index (χ1) is 12.8. The minimum Gasteiger partial charge on any atom is -0.0843 e. The van der Waals surface area contributed by atoms with Crippen LogP contribution in [0.3, 0.4) is 0 Å². The molecule has 4 rings (SSSR count). The van der Waals surface area contributed by atoms with Crippen LogP contribution in [0.25, 0.3) is 0 Å². The zero-order valence-electron chi connectivity index (χ0n) is 19.0. The molecule has 0 heterocycles. The number of rotatable bonds is 5. The highest BCUT2D eigenvalue weighted by molar-refractivity contribution is 5.20. The molecule has 0 nitrogen and oxygen atoms in total. The lowest BCUT2D eigenvalue weighted by Gasteiger charge is -2.60. The molecule has 0 aromatic rings. The van der Waals surface area contributed by atoms with Gasteiger partial charge in [0.2, 0.25) is 0 Å². The van der Waals surface area contributed by atoms with Gasteiger partial charge in [-0.15, -0.1) is 0 Å². The van der Waals surface area contributed by atoms with Crippen molar-refractivity contribution in [2.24, 2.45) is 52.3 Å². The largest absolute Gasteiger partial charge is 0.0843 e. The van der Waals surface area contributed by atoms with Crippen LogP contribution in [-0.4, -0.2) is 0 Å². The van der Waals surface area contributed by atoms with Crippen molar-refractivity contribution in [3.05, 3.63) is 12.2 Å². The molecule has 0 spiro atoms. The average Bonchev–Trinajstić information content (AvgIpc) is 2.98. The van der Waals surface area contributed by atoms with Crippen LogP contribution in [0.15, 0.2) is 12.2 Å². The van der Waals surface area contributed by atoms with Crippen LogP contribution >= 0.6 is 0 Å². The van der Waals surface area contributed by atoms with Crippen molar-refractivity contribution in [3.8, 4) is 0 Å². The van der Waals surface area contributed by atoms with E-state index in [2.05, 4.69) is 46.8 Å². The van der Waals surface area contributed by atoms with Gasteiger partial charge in [0.05, 0.1) is 0 Å². The molecular weight excluding hydrogens is 324 g/mol. The van der Waals surface area contributed by atoms with Crippen molar-refractivity contribution < 1.29 is 0 Å². The van der Waals surface area contributed by atoms with E-state index >= 15 is 0 Å². The molecule has 4 aliphatic carbocycles. The molecule has 0 radical (unpaired) electrons. The summed E-state index contributed by atoms with van der Waals surface area (Å²) < 4.78 is 0. The summed E-state index contributed by atoms with van der Waals surface area (Å²) >= 11 is 0. The van der Waals surface area contributed by atoms with Crippen molar-refractivity contribution in [1.29, 1.82) is 0 Å². The van der Waals surface area contributed by atoms with Crippen molar-refractivity contribution in [2.45, 2.75) is 105 Å². The Morgan fingerprint density at radius 1 is 0.852 bits per heavy atom. The normalized spacial score (nSPS) is 47.4. The summed E-state index contributed by atoms with van der Waals surface area (Å²) in [5, 5.41) is 0. The second-order valence-corrected chi connectivity index (χ2v) is 12.1. The Labute approximate surface area is 170 Å². The summed E-state index contributed by atoms with van der Waals surface area (Å²) in [5.41, 5.74) is 1.20. The summed E-state index contributed by atoms with van der Waals surface area (Å²) in [5.74, 6) is 6.61. The van der Waals surface area contributed by atoms with Gasteiger partial charge < -0.3 is 0 Å². The Balaban J connectivity index is 1.46. The third kappa shape index (κ3) is 3.46. The summed E-state index contributed by atoms with van der Waals surface area (Å²) in [6.07, 6.45) is 21.9. The van der Waals surface area contributed by atoms with Crippen molar-refractivity contribution in [2.75, 3.05) is 0 Å². The second-order valence-electron chi connectivity index (χ2n) is 12.1. The third-order valence-corrected chi connectivity index (χ3v) is 10.1. The van der Waals surface area contributed by atoms with E-state index < -0.39 is 0 Å². The highest BCUT2D eigenvalue weighted by Crippen LogP contribution is 2.66. The van der Waals surface area contributed by atoms with Crippen molar-refractivity contribution >= 4 is 0 Å². The van der Waals surface area contributed by atoms with Crippen molar-refractivity contribution in [1.82, 2.24) is 0 Å². The Bertz CT molecular complexity index is 544. The molecule has 0 aliphatic heterocycles. The van der Waals surface area contributed by atoms with Gasteiger partial charge in [0.25, 0.3) is 0 Å². The fourth-order valence-electron chi connectivity index (χ4n) is 8.51. The lowest BCUT2D eigenvalue weighted by atomic mass is 9.45. The van der Waals surface area contributed by atoms with E-state index in [1.807, 2.05) is 0 Å². The first-order valence-corrected chi connectivity index (χ1v) is 12.5. The molecule has 27 heavy (non-hydrogen) atoms. The average molecular weight is 371 g/mol. The monoisotopic (exact) mass is 370 g/mol. The lowest BCUT2D eigenvalue weighted by Crippen LogP contribution is -2.52. The quantitative estimate of drug-likeness (QED) is 0.427. The molecular formula is C27H46. The molecule has 0 amide bonds. The van der Waals surface area contributed by atoms with Crippen LogP contribution in [0, 0.1) is 52.3 Å². The van der Waals surface area contributed by atoms with Gasteiger partial charge in [-0.2, -0.15) is 0 Å². The molecule has 3 fully saturated rings. The predicted molar refractivity (Wildman–Crippen MR) is 118 cm³/mol. The molecule has 8 atom stereocenters. The Morgan fingerprint density at radius 2 is 1.67 bits per heavy atom. The number of hydrogen-bond acceptors (Lipinski definition) is 0. The standard InChI is InChI=1S/C27H46/c1-19(2)9-8-10-20(3)21-14-18-27(5)24(21)13-12-22-23-11-6-7-16-26(23,4)17-15-25(22)27/h14,18-25H,6-13,15-17H2,1-5H3/t20-,21-,22+,23+,24-,25+,26+,27+/m1/s1. The zero-order chi connectivity index (χ0) is 19.2. The van der Waals surface area contributed by atoms with Gasteiger partial charge in [-0.25, -0.2) is 0 Å². The Kier molecular flexibility index (Phi) is 5.59. The summed E-state index contributed by atoms with van der Waals surface area (Å²) in [6, 6.07) is 0. The van der Waals surface area contributed by atoms with Crippen LogP contribution < -0.4 is 0 Å². The topological polar surface area (TPSA) is 0 Å². The zero-order valence-corrected chi connectivity index (χ0v) is 19.0. The predicted octanol–water partition coefficient (Wildman–Crippen LogP) is 8.27. The lowest BCUT2D eigenvalue weighted by molar-refractivity contribution is -0.0975. The fraction of sp³-hybridized carbons (Fsp3) is 0.926. The van der Waals surface area contributed by atoms with Crippen LogP contribution in [-0.2, 0) is 0 Å². The van der Waals surface area contributed by atoms with Gasteiger partial charge in [0, 0.05) is 0 Å². The summed E-state index contributed by atoms with van der Waals surface area (Å²) in [6.45, 7) is 12.6. The molecule has 0 heteroatoms. The Hall–Kier alpha value is -0.260. The molecule has 0 bridgehead atoms. The molecule has 0 saturated heterocycles. The molecule has 0 N–H and O–H groups in total.